The second-order valence-corrected chi connectivity index (χ2v) is 13.3. The van der Waals surface area contributed by atoms with Gasteiger partial charge in [0, 0.05) is 43.6 Å². The first-order valence-electron chi connectivity index (χ1n) is 15.5. The number of para-hydroxylation sites is 1. The summed E-state index contributed by atoms with van der Waals surface area (Å²) in [6.07, 6.45) is 0.391. The third-order valence-electron chi connectivity index (χ3n) is 8.44. The van der Waals surface area contributed by atoms with Crippen LogP contribution in [0.1, 0.15) is 27.2 Å². The number of benzene rings is 4. The summed E-state index contributed by atoms with van der Waals surface area (Å²) >= 11 is 0. The van der Waals surface area contributed by atoms with Crippen LogP contribution in [0.3, 0.4) is 0 Å². The minimum absolute atomic E-state index is 0.118. The van der Waals surface area contributed by atoms with Gasteiger partial charge in [-0.15, -0.1) is 0 Å². The molecular formula is C37H34F3N3O4S. The van der Waals surface area contributed by atoms with Gasteiger partial charge in [0.05, 0.1) is 11.3 Å². The van der Waals surface area contributed by atoms with Gasteiger partial charge in [0.15, 0.2) is 0 Å². The summed E-state index contributed by atoms with van der Waals surface area (Å²) < 4.78 is 68.0. The Labute approximate surface area is 277 Å². The molecule has 0 N–H and O–H groups in total. The molecule has 48 heavy (non-hydrogen) atoms. The molecule has 0 bridgehead atoms. The summed E-state index contributed by atoms with van der Waals surface area (Å²) in [4.78, 5) is 18.8. The molecule has 4 aromatic carbocycles. The van der Waals surface area contributed by atoms with Crippen LogP contribution in [0.4, 0.5) is 13.2 Å². The standard InChI is InChI=1S/C37H34F3N3O4S/c1-27-23-34(35(30-13-7-3-8-14-30)43(27)31-15-9-4-10-16-31)36(44)42-22-21-41(25-29-11-5-2-6-12-29)26-32(42)24-28-17-19-33(20-18-28)47-48(45,46)37(38,39)40/h2-20,23,32H,21-22,24-26H2,1H3. The van der Waals surface area contributed by atoms with Crippen LogP contribution in [0, 0.1) is 6.92 Å². The van der Waals surface area contributed by atoms with Crippen molar-refractivity contribution < 1.29 is 30.6 Å². The number of hydrogen-bond acceptors (Lipinski definition) is 5. The predicted octanol–water partition coefficient (Wildman–Crippen LogP) is 7.25. The first-order valence-corrected chi connectivity index (χ1v) is 16.9. The van der Waals surface area contributed by atoms with Crippen molar-refractivity contribution in [2.24, 2.45) is 0 Å². The lowest BCUT2D eigenvalue weighted by atomic mass is 9.99. The van der Waals surface area contributed by atoms with E-state index in [0.717, 1.165) is 33.8 Å². The molecule has 6 rings (SSSR count). The topological polar surface area (TPSA) is 71.8 Å². The zero-order valence-corrected chi connectivity index (χ0v) is 27.0. The van der Waals surface area contributed by atoms with E-state index >= 15 is 0 Å². The summed E-state index contributed by atoms with van der Waals surface area (Å²) in [7, 11) is -5.79. The van der Waals surface area contributed by atoms with Gasteiger partial charge in [0.1, 0.15) is 5.75 Å². The summed E-state index contributed by atoms with van der Waals surface area (Å²) in [6.45, 7) is 4.35. The number of alkyl halides is 3. The summed E-state index contributed by atoms with van der Waals surface area (Å²) in [5.74, 6) is -0.559. The number of hydrogen-bond donors (Lipinski definition) is 0. The summed E-state index contributed by atoms with van der Waals surface area (Å²) in [6, 6.07) is 36.8. The quantitative estimate of drug-likeness (QED) is 0.122. The Morgan fingerprint density at radius 3 is 2.04 bits per heavy atom. The fraction of sp³-hybridized carbons (Fsp3) is 0.216. The van der Waals surface area contributed by atoms with Crippen molar-refractivity contribution in [3.8, 4) is 22.7 Å². The highest BCUT2D eigenvalue weighted by molar-refractivity contribution is 7.88. The van der Waals surface area contributed by atoms with Crippen molar-refractivity contribution >= 4 is 16.0 Å². The van der Waals surface area contributed by atoms with E-state index in [9.17, 15) is 26.4 Å². The number of aromatic nitrogens is 1. The van der Waals surface area contributed by atoms with Crippen molar-refractivity contribution in [2.75, 3.05) is 19.6 Å². The molecule has 2 heterocycles. The van der Waals surface area contributed by atoms with Crippen LogP contribution < -0.4 is 4.18 Å². The van der Waals surface area contributed by atoms with E-state index < -0.39 is 21.4 Å². The summed E-state index contributed by atoms with van der Waals surface area (Å²) in [5.41, 5.74) is 0.448. The van der Waals surface area contributed by atoms with Crippen LogP contribution in [0.5, 0.6) is 5.75 Å². The van der Waals surface area contributed by atoms with Crippen LogP contribution in [0.15, 0.2) is 121 Å². The number of carbonyl (C=O) groups excluding carboxylic acids is 1. The normalized spacial score (nSPS) is 15.8. The van der Waals surface area contributed by atoms with Gasteiger partial charge in [-0.05, 0) is 60.4 Å². The van der Waals surface area contributed by atoms with E-state index in [1.54, 1.807) is 0 Å². The number of rotatable bonds is 9. The maximum atomic E-state index is 14.7. The highest BCUT2D eigenvalue weighted by Gasteiger charge is 2.48. The molecule has 0 aliphatic carbocycles. The molecule has 1 fully saturated rings. The van der Waals surface area contributed by atoms with E-state index in [2.05, 4.69) is 25.8 Å². The number of nitrogens with zero attached hydrogens (tertiary/aromatic N) is 3. The Morgan fingerprint density at radius 1 is 0.812 bits per heavy atom. The van der Waals surface area contributed by atoms with E-state index in [0.29, 0.717) is 38.2 Å². The number of piperazine rings is 1. The van der Waals surface area contributed by atoms with Crippen molar-refractivity contribution in [2.45, 2.75) is 31.4 Å². The molecule has 1 aromatic heterocycles. The molecule has 1 saturated heterocycles. The monoisotopic (exact) mass is 673 g/mol. The zero-order valence-electron chi connectivity index (χ0n) is 26.2. The van der Waals surface area contributed by atoms with Crippen molar-refractivity contribution in [1.29, 1.82) is 0 Å². The van der Waals surface area contributed by atoms with E-state index in [4.69, 9.17) is 0 Å². The smallest absolute Gasteiger partial charge is 0.376 e. The molecule has 0 spiro atoms. The summed E-state index contributed by atoms with van der Waals surface area (Å²) in [5, 5.41) is 0. The molecule has 0 radical (unpaired) electrons. The third-order valence-corrected chi connectivity index (χ3v) is 9.42. The number of amides is 1. The Morgan fingerprint density at radius 2 is 1.42 bits per heavy atom. The lowest BCUT2D eigenvalue weighted by Gasteiger charge is -2.42. The Balaban J connectivity index is 1.33. The maximum absolute atomic E-state index is 14.7. The van der Waals surface area contributed by atoms with Gasteiger partial charge < -0.3 is 13.7 Å². The number of carbonyl (C=O) groups is 1. The van der Waals surface area contributed by atoms with Gasteiger partial charge >= 0.3 is 15.6 Å². The molecule has 1 atom stereocenters. The molecule has 0 saturated carbocycles. The van der Waals surface area contributed by atoms with Crippen LogP contribution in [0.25, 0.3) is 16.9 Å². The molecule has 1 aliphatic rings. The van der Waals surface area contributed by atoms with E-state index in [1.165, 1.54) is 24.3 Å². The molecular weight excluding hydrogens is 639 g/mol. The fourth-order valence-corrected chi connectivity index (χ4v) is 6.68. The van der Waals surface area contributed by atoms with Crippen molar-refractivity contribution in [3.05, 3.63) is 144 Å². The maximum Gasteiger partial charge on any atom is 0.534 e. The second kappa shape index (κ2) is 13.7. The SMILES string of the molecule is Cc1cc(C(=O)N2CCN(Cc3ccccc3)CC2Cc2ccc(OS(=O)(=O)C(F)(F)F)cc2)c(-c2ccccc2)n1-c1ccccc1. The fourth-order valence-electron chi connectivity index (χ4n) is 6.22. The highest BCUT2D eigenvalue weighted by atomic mass is 32.2. The minimum atomic E-state index is -5.79. The molecule has 11 heteroatoms. The largest absolute Gasteiger partial charge is 0.534 e. The first-order chi connectivity index (χ1) is 23.0. The molecule has 1 amide bonds. The Hall–Kier alpha value is -4.87. The third kappa shape index (κ3) is 7.17. The average molecular weight is 674 g/mol. The van der Waals surface area contributed by atoms with Gasteiger partial charge in [-0.1, -0.05) is 91.0 Å². The van der Waals surface area contributed by atoms with E-state index in [1.807, 2.05) is 96.8 Å². The second-order valence-electron chi connectivity index (χ2n) is 11.8. The molecule has 7 nitrogen and oxygen atoms in total. The predicted molar refractivity (Wildman–Crippen MR) is 178 cm³/mol. The number of halogens is 3. The van der Waals surface area contributed by atoms with Gasteiger partial charge in [-0.3, -0.25) is 9.69 Å². The van der Waals surface area contributed by atoms with Crippen LogP contribution >= 0.6 is 0 Å². The lowest BCUT2D eigenvalue weighted by Crippen LogP contribution is -2.55. The lowest BCUT2D eigenvalue weighted by molar-refractivity contribution is -0.0500. The Bertz CT molecular complexity index is 1970. The Kier molecular flexibility index (Phi) is 9.43. The van der Waals surface area contributed by atoms with Gasteiger partial charge in [0.25, 0.3) is 5.91 Å². The zero-order chi connectivity index (χ0) is 33.9. The first kappa shape index (κ1) is 33.0. The molecule has 1 unspecified atom stereocenters. The molecule has 1 aliphatic heterocycles. The van der Waals surface area contributed by atoms with Crippen molar-refractivity contribution in [3.63, 3.8) is 0 Å². The van der Waals surface area contributed by atoms with Gasteiger partial charge in [0.2, 0.25) is 0 Å². The highest BCUT2D eigenvalue weighted by Crippen LogP contribution is 2.33. The van der Waals surface area contributed by atoms with Gasteiger partial charge in [-0.2, -0.15) is 21.6 Å². The number of aryl methyl sites for hydroxylation is 1. The minimum Gasteiger partial charge on any atom is -0.376 e. The van der Waals surface area contributed by atoms with Gasteiger partial charge in [-0.25, -0.2) is 0 Å². The molecule has 5 aromatic rings. The average Bonchev–Trinajstić information content (AvgIpc) is 3.43. The van der Waals surface area contributed by atoms with Crippen molar-refractivity contribution in [1.82, 2.24) is 14.4 Å². The molecule has 248 valence electrons. The van der Waals surface area contributed by atoms with E-state index in [-0.39, 0.29) is 11.9 Å². The van der Waals surface area contributed by atoms with Crippen LogP contribution in [-0.2, 0) is 23.1 Å². The van der Waals surface area contributed by atoms with Crippen LogP contribution in [0.2, 0.25) is 0 Å². The van der Waals surface area contributed by atoms with Crippen LogP contribution in [-0.4, -0.2) is 59.9 Å².